The van der Waals surface area contributed by atoms with Crippen LogP contribution in [0.5, 0.6) is 0 Å². The number of hydrogen-bond acceptors (Lipinski definition) is 3. The first-order chi connectivity index (χ1) is 11.7. The molecule has 1 N–H and O–H groups in total. The Morgan fingerprint density at radius 2 is 2.33 bits per heavy atom. The molecule has 1 aliphatic heterocycles. The Hall–Kier alpha value is -2.08. The molecule has 0 saturated carbocycles. The maximum absolute atomic E-state index is 13.9. The van der Waals surface area contributed by atoms with Gasteiger partial charge in [0.05, 0.1) is 23.7 Å². The van der Waals surface area contributed by atoms with Gasteiger partial charge in [-0.3, -0.25) is 4.79 Å². The molecule has 1 amide bonds. The van der Waals surface area contributed by atoms with Gasteiger partial charge in [0, 0.05) is 17.9 Å². The molecule has 1 unspecified atom stereocenters. The molecule has 2 heterocycles. The minimum Gasteiger partial charge on any atom is -0.340 e. The smallest absolute Gasteiger partial charge is 0.233 e. The minimum atomic E-state index is -0.284. The molecule has 4 nitrogen and oxygen atoms in total. The number of likely N-dealkylation sites (tertiary alicyclic amines) is 1. The Bertz CT molecular complexity index is 731. The van der Waals surface area contributed by atoms with Gasteiger partial charge in [-0.15, -0.1) is 18.3 Å². The van der Waals surface area contributed by atoms with Crippen LogP contribution in [0.25, 0.3) is 11.3 Å². The maximum atomic E-state index is 13.9. The lowest BCUT2D eigenvalue weighted by atomic mass is 10.1. The van der Waals surface area contributed by atoms with Crippen LogP contribution in [0.3, 0.4) is 0 Å². The van der Waals surface area contributed by atoms with E-state index >= 15 is 0 Å². The zero-order valence-electron chi connectivity index (χ0n) is 13.4. The predicted molar refractivity (Wildman–Crippen MR) is 95.2 cm³/mol. The van der Waals surface area contributed by atoms with Gasteiger partial charge >= 0.3 is 0 Å². The highest BCUT2D eigenvalue weighted by Gasteiger charge is 2.31. The second-order valence-electron chi connectivity index (χ2n) is 5.71. The molecule has 1 fully saturated rings. The number of hydrogen-bond donors (Lipinski definition) is 1. The third-order valence-electron chi connectivity index (χ3n) is 4.11. The Balaban J connectivity index is 1.75. The Labute approximate surface area is 145 Å². The molecule has 0 radical (unpaired) electrons. The fourth-order valence-electron chi connectivity index (χ4n) is 2.98. The topological polar surface area (TPSA) is 49.0 Å². The highest BCUT2D eigenvalue weighted by atomic mass is 32.2. The number of nitrogens with one attached hydrogen (secondary N) is 1. The summed E-state index contributed by atoms with van der Waals surface area (Å²) in [5, 5.41) is 0. The number of nitrogens with zero attached hydrogens (tertiary/aromatic N) is 2. The first-order valence-corrected chi connectivity index (χ1v) is 9.14. The van der Waals surface area contributed by atoms with E-state index in [0.29, 0.717) is 17.0 Å². The number of imidazole rings is 1. The zero-order valence-corrected chi connectivity index (χ0v) is 14.2. The van der Waals surface area contributed by atoms with Crippen LogP contribution in [0, 0.1) is 5.82 Å². The van der Waals surface area contributed by atoms with E-state index < -0.39 is 0 Å². The first kappa shape index (κ1) is 16.8. The Morgan fingerprint density at radius 3 is 3.12 bits per heavy atom. The van der Waals surface area contributed by atoms with Crippen molar-refractivity contribution in [2.75, 3.05) is 18.1 Å². The summed E-state index contributed by atoms with van der Waals surface area (Å²) in [6.07, 6.45) is 5.27. The molecule has 0 bridgehead atoms. The van der Waals surface area contributed by atoms with E-state index in [1.165, 1.54) is 6.07 Å². The highest BCUT2D eigenvalue weighted by Crippen LogP contribution is 2.32. The van der Waals surface area contributed by atoms with Crippen LogP contribution in [-0.4, -0.2) is 38.8 Å². The lowest BCUT2D eigenvalue weighted by molar-refractivity contribution is -0.129. The van der Waals surface area contributed by atoms with E-state index in [4.69, 9.17) is 0 Å². The summed E-state index contributed by atoms with van der Waals surface area (Å²) in [4.78, 5) is 21.9. The summed E-state index contributed by atoms with van der Waals surface area (Å²) in [5.74, 6) is 1.78. The first-order valence-electron chi connectivity index (χ1n) is 7.98. The molecule has 126 valence electrons. The second-order valence-corrected chi connectivity index (χ2v) is 6.74. The van der Waals surface area contributed by atoms with Gasteiger partial charge in [-0.05, 0) is 25.0 Å². The van der Waals surface area contributed by atoms with Crippen LogP contribution in [0.4, 0.5) is 4.39 Å². The molecule has 0 spiro atoms. The summed E-state index contributed by atoms with van der Waals surface area (Å²) >= 11 is 1.56. The van der Waals surface area contributed by atoms with Crippen molar-refractivity contribution in [1.82, 2.24) is 14.9 Å². The number of H-pyrrole nitrogens is 1. The third-order valence-corrected chi connectivity index (χ3v) is 5.03. The molecule has 0 aliphatic carbocycles. The number of carbonyl (C=O) groups excluding carboxylic acids is 1. The van der Waals surface area contributed by atoms with Crippen molar-refractivity contribution in [3.05, 3.63) is 54.8 Å². The van der Waals surface area contributed by atoms with E-state index in [9.17, 15) is 9.18 Å². The predicted octanol–water partition coefficient (Wildman–Crippen LogP) is 3.80. The number of thioether (sulfide) groups is 1. The summed E-state index contributed by atoms with van der Waals surface area (Å²) in [6.45, 7) is 4.41. The second kappa shape index (κ2) is 7.66. The van der Waals surface area contributed by atoms with Gasteiger partial charge in [0.2, 0.25) is 5.91 Å². The van der Waals surface area contributed by atoms with E-state index in [-0.39, 0.29) is 17.8 Å². The fourth-order valence-corrected chi connectivity index (χ4v) is 3.61. The molecule has 24 heavy (non-hydrogen) atoms. The normalized spacial score (nSPS) is 17.2. The number of halogens is 1. The molecule has 1 aromatic carbocycles. The van der Waals surface area contributed by atoms with Crippen molar-refractivity contribution < 1.29 is 9.18 Å². The summed E-state index contributed by atoms with van der Waals surface area (Å²) in [5.41, 5.74) is 1.14. The minimum absolute atomic E-state index is 0.0534. The number of rotatable bonds is 6. The van der Waals surface area contributed by atoms with Crippen molar-refractivity contribution in [1.29, 1.82) is 0 Å². The van der Waals surface area contributed by atoms with Crippen LogP contribution in [-0.2, 0) is 4.79 Å². The number of carbonyl (C=O) groups is 1. The fraction of sp³-hybridized carbons (Fsp3) is 0.333. The zero-order chi connectivity index (χ0) is 16.9. The maximum Gasteiger partial charge on any atom is 0.233 e. The number of aromatic amines is 1. The van der Waals surface area contributed by atoms with E-state index in [1.54, 1.807) is 42.2 Å². The van der Waals surface area contributed by atoms with Crippen LogP contribution in [0.15, 0.2) is 43.1 Å². The summed E-state index contributed by atoms with van der Waals surface area (Å²) < 4.78 is 13.9. The molecule has 3 rings (SSSR count). The standard InChI is InChI=1S/C18H20FN3OS/c1-2-10-24-12-17(23)22-9-5-8-16(22)18-20-11-15(21-18)13-6-3-4-7-14(13)19/h2-4,6-7,11,16H,1,5,8-10,12H2,(H,20,21). The molecule has 1 aromatic heterocycles. The van der Waals surface area contributed by atoms with E-state index in [2.05, 4.69) is 16.5 Å². The van der Waals surface area contributed by atoms with Crippen LogP contribution >= 0.6 is 11.8 Å². The van der Waals surface area contributed by atoms with Gasteiger partial charge in [0.15, 0.2) is 0 Å². The molecule has 1 aliphatic rings. The average molecular weight is 345 g/mol. The van der Waals surface area contributed by atoms with Crippen LogP contribution in [0.1, 0.15) is 24.7 Å². The Kier molecular flexibility index (Phi) is 5.35. The van der Waals surface area contributed by atoms with Crippen molar-refractivity contribution in [2.24, 2.45) is 0 Å². The van der Waals surface area contributed by atoms with Crippen molar-refractivity contribution >= 4 is 17.7 Å². The van der Waals surface area contributed by atoms with Gasteiger partial charge in [-0.25, -0.2) is 9.37 Å². The van der Waals surface area contributed by atoms with Crippen molar-refractivity contribution in [3.63, 3.8) is 0 Å². The number of aromatic nitrogens is 2. The van der Waals surface area contributed by atoms with Gasteiger partial charge in [-0.2, -0.15) is 0 Å². The quantitative estimate of drug-likeness (QED) is 0.640. The molecule has 1 saturated heterocycles. The Morgan fingerprint density at radius 1 is 1.50 bits per heavy atom. The van der Waals surface area contributed by atoms with Crippen molar-refractivity contribution in [3.8, 4) is 11.3 Å². The van der Waals surface area contributed by atoms with Gasteiger partial charge in [0.25, 0.3) is 0 Å². The largest absolute Gasteiger partial charge is 0.340 e. The van der Waals surface area contributed by atoms with Crippen LogP contribution in [0.2, 0.25) is 0 Å². The SMILES string of the molecule is C=CCSCC(=O)N1CCCC1c1ncc(-c2ccccc2F)[nH]1. The van der Waals surface area contributed by atoms with Gasteiger partial charge < -0.3 is 9.88 Å². The lowest BCUT2D eigenvalue weighted by Crippen LogP contribution is -2.32. The lowest BCUT2D eigenvalue weighted by Gasteiger charge is -2.23. The van der Waals surface area contributed by atoms with Crippen LogP contribution < -0.4 is 0 Å². The summed E-state index contributed by atoms with van der Waals surface area (Å²) in [7, 11) is 0. The number of benzene rings is 1. The van der Waals surface area contributed by atoms with Gasteiger partial charge in [-0.1, -0.05) is 18.2 Å². The highest BCUT2D eigenvalue weighted by molar-refractivity contribution is 8.00. The molecule has 6 heteroatoms. The monoisotopic (exact) mass is 345 g/mol. The van der Waals surface area contributed by atoms with Gasteiger partial charge in [0.1, 0.15) is 11.6 Å². The molecular formula is C18H20FN3OS. The van der Waals surface area contributed by atoms with E-state index in [0.717, 1.165) is 31.0 Å². The molecule has 2 aromatic rings. The molecule has 1 atom stereocenters. The molecular weight excluding hydrogens is 325 g/mol. The summed E-state index contributed by atoms with van der Waals surface area (Å²) in [6, 6.07) is 6.55. The average Bonchev–Trinajstić information content (AvgIpc) is 3.24. The van der Waals surface area contributed by atoms with E-state index in [1.807, 2.05) is 4.90 Å². The van der Waals surface area contributed by atoms with Crippen molar-refractivity contribution in [2.45, 2.75) is 18.9 Å². The third kappa shape index (κ3) is 3.53. The number of amides is 1.